The molecule has 3 amide bonds. The first kappa shape index (κ1) is 23.5. The van der Waals surface area contributed by atoms with Crippen molar-refractivity contribution >= 4 is 17.6 Å². The van der Waals surface area contributed by atoms with Crippen molar-refractivity contribution in [2.75, 3.05) is 18.4 Å². The Balaban J connectivity index is 1.72. The van der Waals surface area contributed by atoms with Gasteiger partial charge in [0.25, 0.3) is 0 Å². The molecule has 0 radical (unpaired) electrons. The lowest BCUT2D eigenvalue weighted by Gasteiger charge is -2.27. The molecular formula is C25H25FN4O3. The zero-order valence-corrected chi connectivity index (χ0v) is 18.3. The Morgan fingerprint density at radius 1 is 1.03 bits per heavy atom. The number of furan rings is 1. The van der Waals surface area contributed by atoms with Crippen LogP contribution in [-0.2, 0) is 17.9 Å². The van der Waals surface area contributed by atoms with Gasteiger partial charge in [-0.15, -0.1) is 0 Å². The zero-order chi connectivity index (χ0) is 23.6. The molecule has 8 heteroatoms. The topological polar surface area (TPSA) is 89.6 Å². The molecule has 2 aromatic carbocycles. The predicted octanol–water partition coefficient (Wildman–Crippen LogP) is 4.76. The minimum Gasteiger partial charge on any atom is -0.467 e. The molecule has 0 saturated carbocycles. The van der Waals surface area contributed by atoms with Crippen LogP contribution in [0.1, 0.15) is 30.2 Å². The lowest BCUT2D eigenvalue weighted by atomic mass is 10.2. The highest BCUT2D eigenvalue weighted by atomic mass is 19.1. The number of hydrogen-bond acceptors (Lipinski definition) is 4. The average molecular weight is 448 g/mol. The second-order valence-corrected chi connectivity index (χ2v) is 7.50. The predicted molar refractivity (Wildman–Crippen MR) is 121 cm³/mol. The Labute approximate surface area is 192 Å². The normalized spacial score (nSPS) is 10.3. The fourth-order valence-corrected chi connectivity index (χ4v) is 3.25. The molecule has 0 bridgehead atoms. The number of rotatable bonds is 9. The van der Waals surface area contributed by atoms with Gasteiger partial charge in [0.1, 0.15) is 18.1 Å². The molecule has 0 aliphatic rings. The number of carbonyl (C=O) groups excluding carboxylic acids is 2. The maximum Gasteiger partial charge on any atom is 0.322 e. The highest BCUT2D eigenvalue weighted by molar-refractivity contribution is 5.92. The van der Waals surface area contributed by atoms with Crippen LogP contribution < -0.4 is 5.32 Å². The van der Waals surface area contributed by atoms with Crippen molar-refractivity contribution in [3.05, 3.63) is 89.6 Å². The molecule has 0 saturated heterocycles. The third kappa shape index (κ3) is 6.94. The van der Waals surface area contributed by atoms with Gasteiger partial charge in [-0.1, -0.05) is 19.1 Å². The number of nitrogens with zero attached hydrogens (tertiary/aromatic N) is 3. The van der Waals surface area contributed by atoms with E-state index in [4.69, 9.17) is 9.68 Å². The van der Waals surface area contributed by atoms with E-state index < -0.39 is 6.03 Å². The monoisotopic (exact) mass is 448 g/mol. The van der Waals surface area contributed by atoms with Crippen LogP contribution in [0.4, 0.5) is 14.9 Å². The summed E-state index contributed by atoms with van der Waals surface area (Å²) in [5.74, 6) is -0.00931. The van der Waals surface area contributed by atoms with Crippen LogP contribution >= 0.6 is 0 Å². The largest absolute Gasteiger partial charge is 0.467 e. The molecule has 0 fully saturated rings. The standard InChI is InChI=1S/C25H25FN4O3/c1-2-13-29(25(32)28-22-11-7-19(15-27)8-12-22)18-24(31)30(17-23-4-3-14-33-23)16-20-5-9-21(26)10-6-20/h3-12,14H,2,13,16-18H2,1H3,(H,28,32). The van der Waals surface area contributed by atoms with E-state index in [1.165, 1.54) is 23.3 Å². The summed E-state index contributed by atoms with van der Waals surface area (Å²) in [6, 6.07) is 17.6. The molecule has 0 unspecified atom stereocenters. The minimum atomic E-state index is -0.408. The van der Waals surface area contributed by atoms with Crippen LogP contribution in [0.25, 0.3) is 0 Å². The summed E-state index contributed by atoms with van der Waals surface area (Å²) in [4.78, 5) is 29.1. The van der Waals surface area contributed by atoms with Crippen LogP contribution in [0.5, 0.6) is 0 Å². The number of anilines is 1. The van der Waals surface area contributed by atoms with E-state index in [1.54, 1.807) is 53.4 Å². The molecule has 0 atom stereocenters. The van der Waals surface area contributed by atoms with Gasteiger partial charge in [0, 0.05) is 18.8 Å². The van der Waals surface area contributed by atoms with Crippen LogP contribution in [-0.4, -0.2) is 34.8 Å². The molecule has 0 spiro atoms. The van der Waals surface area contributed by atoms with Crippen molar-refractivity contribution in [1.29, 1.82) is 5.26 Å². The van der Waals surface area contributed by atoms with E-state index in [1.807, 2.05) is 13.0 Å². The lowest BCUT2D eigenvalue weighted by molar-refractivity contribution is -0.133. The number of urea groups is 1. The molecule has 7 nitrogen and oxygen atoms in total. The summed E-state index contributed by atoms with van der Waals surface area (Å²) in [6.45, 7) is 2.65. The Hall–Kier alpha value is -4.12. The number of benzene rings is 2. The highest BCUT2D eigenvalue weighted by Gasteiger charge is 2.22. The van der Waals surface area contributed by atoms with Crippen LogP contribution in [0.15, 0.2) is 71.3 Å². The van der Waals surface area contributed by atoms with Crippen LogP contribution in [0, 0.1) is 17.1 Å². The van der Waals surface area contributed by atoms with Gasteiger partial charge in [-0.3, -0.25) is 4.79 Å². The molecular weight excluding hydrogens is 423 g/mol. The number of hydrogen-bond donors (Lipinski definition) is 1. The second kappa shape index (κ2) is 11.5. The molecule has 1 N–H and O–H groups in total. The van der Waals surface area contributed by atoms with Gasteiger partial charge in [0.15, 0.2) is 0 Å². The van der Waals surface area contributed by atoms with Crippen LogP contribution in [0.3, 0.4) is 0 Å². The van der Waals surface area contributed by atoms with Crippen molar-refractivity contribution in [3.63, 3.8) is 0 Å². The third-order valence-electron chi connectivity index (χ3n) is 4.94. The average Bonchev–Trinajstić information content (AvgIpc) is 3.33. The molecule has 0 aliphatic heterocycles. The minimum absolute atomic E-state index is 0.127. The van der Waals surface area contributed by atoms with Crippen molar-refractivity contribution in [2.24, 2.45) is 0 Å². The molecule has 0 aliphatic carbocycles. The number of halogens is 1. The Morgan fingerprint density at radius 3 is 2.36 bits per heavy atom. The first-order valence-electron chi connectivity index (χ1n) is 10.6. The van der Waals surface area contributed by atoms with E-state index >= 15 is 0 Å². The fraction of sp³-hybridized carbons (Fsp3) is 0.240. The molecule has 3 aromatic rings. The summed E-state index contributed by atoms with van der Waals surface area (Å²) in [5, 5.41) is 11.7. The second-order valence-electron chi connectivity index (χ2n) is 7.50. The van der Waals surface area contributed by atoms with Gasteiger partial charge in [-0.25, -0.2) is 9.18 Å². The van der Waals surface area contributed by atoms with Gasteiger partial charge < -0.3 is 19.5 Å². The highest BCUT2D eigenvalue weighted by Crippen LogP contribution is 2.14. The van der Waals surface area contributed by atoms with E-state index in [2.05, 4.69) is 5.32 Å². The van der Waals surface area contributed by atoms with E-state index in [-0.39, 0.29) is 31.4 Å². The Bertz CT molecular complexity index is 1090. The quantitative estimate of drug-likeness (QED) is 0.511. The first-order chi connectivity index (χ1) is 16.0. The number of carbonyl (C=O) groups is 2. The number of amides is 3. The van der Waals surface area contributed by atoms with Crippen molar-refractivity contribution in [2.45, 2.75) is 26.4 Å². The molecule has 3 rings (SSSR count). The van der Waals surface area contributed by atoms with Gasteiger partial charge in [-0.2, -0.15) is 5.26 Å². The lowest BCUT2D eigenvalue weighted by Crippen LogP contribution is -2.44. The van der Waals surface area contributed by atoms with Gasteiger partial charge >= 0.3 is 6.03 Å². The van der Waals surface area contributed by atoms with E-state index in [0.29, 0.717) is 30.0 Å². The van der Waals surface area contributed by atoms with Gasteiger partial charge in [-0.05, 0) is 60.5 Å². The van der Waals surface area contributed by atoms with Crippen molar-refractivity contribution in [1.82, 2.24) is 9.80 Å². The van der Waals surface area contributed by atoms with Crippen LogP contribution in [0.2, 0.25) is 0 Å². The van der Waals surface area contributed by atoms with Crippen molar-refractivity contribution < 1.29 is 18.4 Å². The summed E-state index contributed by atoms with van der Waals surface area (Å²) < 4.78 is 18.7. The fourth-order valence-electron chi connectivity index (χ4n) is 3.25. The van der Waals surface area contributed by atoms with E-state index in [9.17, 15) is 14.0 Å². The zero-order valence-electron chi connectivity index (χ0n) is 18.3. The summed E-state index contributed by atoms with van der Waals surface area (Å²) in [7, 11) is 0. The summed E-state index contributed by atoms with van der Waals surface area (Å²) in [5.41, 5.74) is 1.79. The maximum atomic E-state index is 13.3. The first-order valence-corrected chi connectivity index (χ1v) is 10.6. The Morgan fingerprint density at radius 2 is 1.76 bits per heavy atom. The smallest absolute Gasteiger partial charge is 0.322 e. The summed E-state index contributed by atoms with van der Waals surface area (Å²) in [6.07, 6.45) is 2.20. The SMILES string of the molecule is CCCN(CC(=O)N(Cc1ccc(F)cc1)Cc1ccco1)C(=O)Nc1ccc(C#N)cc1. The maximum absolute atomic E-state index is 13.3. The van der Waals surface area contributed by atoms with Crippen molar-refractivity contribution in [3.8, 4) is 6.07 Å². The molecule has 170 valence electrons. The Kier molecular flexibility index (Phi) is 8.19. The third-order valence-corrected chi connectivity index (χ3v) is 4.94. The van der Waals surface area contributed by atoms with Gasteiger partial charge in [0.05, 0.1) is 24.4 Å². The number of nitrogens with one attached hydrogen (secondary N) is 1. The van der Waals surface area contributed by atoms with Gasteiger partial charge in [0.2, 0.25) is 5.91 Å². The number of nitriles is 1. The van der Waals surface area contributed by atoms with E-state index in [0.717, 1.165) is 5.56 Å². The summed E-state index contributed by atoms with van der Waals surface area (Å²) >= 11 is 0. The molecule has 1 heterocycles. The molecule has 1 aromatic heterocycles. The molecule has 33 heavy (non-hydrogen) atoms.